The quantitative estimate of drug-likeness (QED) is 0.526. The number of alkyl halides is 3. The number of benzene rings is 1. The van der Waals surface area contributed by atoms with Crippen molar-refractivity contribution in [3.63, 3.8) is 0 Å². The Morgan fingerprint density at radius 2 is 1.95 bits per heavy atom. The number of anilines is 2. The molecule has 37 heavy (non-hydrogen) atoms. The number of aliphatic imine (C=N–C) groups is 1. The summed E-state index contributed by atoms with van der Waals surface area (Å²) < 4.78 is 41.5. The van der Waals surface area contributed by atoms with Crippen LogP contribution in [0.3, 0.4) is 0 Å². The van der Waals surface area contributed by atoms with Crippen molar-refractivity contribution in [2.24, 2.45) is 12.0 Å². The minimum Gasteiger partial charge on any atom is -0.363 e. The van der Waals surface area contributed by atoms with Gasteiger partial charge in [-0.2, -0.15) is 13.2 Å². The van der Waals surface area contributed by atoms with Crippen LogP contribution in [0.25, 0.3) is 11.6 Å². The van der Waals surface area contributed by atoms with Gasteiger partial charge in [0.1, 0.15) is 23.3 Å². The lowest BCUT2D eigenvalue weighted by atomic mass is 9.98. The van der Waals surface area contributed by atoms with Gasteiger partial charge in [0, 0.05) is 43.4 Å². The molecular weight excluding hydrogens is 481 g/mol. The number of amidine groups is 1. The molecule has 1 N–H and O–H groups in total. The SMILES string of the molecule is C[C@@H](Nc1nc(C2CC2)nc2c1C=C(c1ccn(C)c(=O)c1)C1=NCCN12)c1cccc(C(F)(F)F)c1. The molecule has 0 bridgehead atoms. The monoisotopic (exact) mass is 506 g/mol. The van der Waals surface area contributed by atoms with E-state index in [-0.39, 0.29) is 11.5 Å². The first-order valence-corrected chi connectivity index (χ1v) is 12.3. The molecule has 3 aliphatic rings. The number of aryl methyl sites for hydroxylation is 1. The molecule has 190 valence electrons. The fourth-order valence-corrected chi connectivity index (χ4v) is 4.74. The molecule has 1 atom stereocenters. The smallest absolute Gasteiger partial charge is 0.363 e. The van der Waals surface area contributed by atoms with Gasteiger partial charge in [-0.15, -0.1) is 0 Å². The second kappa shape index (κ2) is 8.57. The van der Waals surface area contributed by atoms with E-state index in [0.29, 0.717) is 24.5 Å². The zero-order valence-electron chi connectivity index (χ0n) is 20.4. The Hall–Kier alpha value is -3.95. The lowest BCUT2D eigenvalue weighted by molar-refractivity contribution is -0.137. The average molecular weight is 507 g/mol. The van der Waals surface area contributed by atoms with Crippen molar-refractivity contribution in [2.45, 2.75) is 37.9 Å². The third-order valence-corrected chi connectivity index (χ3v) is 6.99. The van der Waals surface area contributed by atoms with E-state index in [9.17, 15) is 18.0 Å². The lowest BCUT2D eigenvalue weighted by Crippen LogP contribution is -2.33. The van der Waals surface area contributed by atoms with Crippen molar-refractivity contribution in [2.75, 3.05) is 23.3 Å². The third-order valence-electron chi connectivity index (χ3n) is 6.99. The summed E-state index contributed by atoms with van der Waals surface area (Å²) >= 11 is 0. The molecule has 0 amide bonds. The molecule has 0 spiro atoms. The molecule has 0 radical (unpaired) electrons. The Bertz CT molecular complexity index is 1520. The maximum Gasteiger partial charge on any atom is 0.416 e. The number of rotatable bonds is 5. The molecule has 1 saturated carbocycles. The standard InChI is InChI=1S/C27H25F3N6O/c1-15(17-4-3-5-19(12-17)27(28,29)30)32-24-21-14-20(18-8-10-35(2)22(37)13-18)25-31-9-11-36(25)26(21)34-23(33-24)16-6-7-16/h3-5,8,10,12-16H,6-7,9,11H2,1-2H3,(H,32,33,34)/t15-/m1/s1. The normalized spacial score (nSPS) is 17.6. The summed E-state index contributed by atoms with van der Waals surface area (Å²) in [4.78, 5) is 28.9. The van der Waals surface area contributed by atoms with Gasteiger partial charge in [0.05, 0.1) is 17.7 Å². The first-order valence-electron chi connectivity index (χ1n) is 12.3. The van der Waals surface area contributed by atoms with E-state index in [0.717, 1.165) is 53.1 Å². The number of hydrogen-bond donors (Lipinski definition) is 1. The van der Waals surface area contributed by atoms with Gasteiger partial charge < -0.3 is 14.8 Å². The number of nitrogens with one attached hydrogen (secondary N) is 1. The largest absolute Gasteiger partial charge is 0.416 e. The van der Waals surface area contributed by atoms with Gasteiger partial charge >= 0.3 is 6.18 Å². The summed E-state index contributed by atoms with van der Waals surface area (Å²) in [6, 6.07) is 8.34. The van der Waals surface area contributed by atoms with Crippen LogP contribution in [0, 0.1) is 0 Å². The molecule has 1 fully saturated rings. The highest BCUT2D eigenvalue weighted by Crippen LogP contribution is 2.44. The maximum absolute atomic E-state index is 13.3. The first kappa shape index (κ1) is 23.4. The molecule has 7 nitrogen and oxygen atoms in total. The van der Waals surface area contributed by atoms with Crippen LogP contribution in [0.5, 0.6) is 0 Å². The van der Waals surface area contributed by atoms with E-state index in [4.69, 9.17) is 15.0 Å². The summed E-state index contributed by atoms with van der Waals surface area (Å²) in [5.41, 5.74) is 1.95. The van der Waals surface area contributed by atoms with Gasteiger partial charge in [-0.1, -0.05) is 12.1 Å². The summed E-state index contributed by atoms with van der Waals surface area (Å²) in [5, 5.41) is 3.37. The van der Waals surface area contributed by atoms with Gasteiger partial charge in [-0.05, 0) is 55.2 Å². The molecular formula is C27H25F3N6O. The minimum absolute atomic E-state index is 0.133. The summed E-state index contributed by atoms with van der Waals surface area (Å²) in [6.45, 7) is 3.06. The van der Waals surface area contributed by atoms with Crippen molar-refractivity contribution in [3.05, 3.63) is 81.0 Å². The Morgan fingerprint density at radius 3 is 2.68 bits per heavy atom. The fourth-order valence-electron chi connectivity index (χ4n) is 4.74. The van der Waals surface area contributed by atoms with E-state index in [1.54, 1.807) is 25.4 Å². The van der Waals surface area contributed by atoms with Crippen LogP contribution in [-0.2, 0) is 13.2 Å². The van der Waals surface area contributed by atoms with Crippen molar-refractivity contribution in [3.8, 4) is 0 Å². The van der Waals surface area contributed by atoms with Crippen molar-refractivity contribution < 1.29 is 13.2 Å². The molecule has 3 aromatic rings. The van der Waals surface area contributed by atoms with Crippen LogP contribution in [0.15, 0.2) is 52.4 Å². The number of nitrogens with zero attached hydrogens (tertiary/aromatic N) is 5. The number of aromatic nitrogens is 3. The van der Waals surface area contributed by atoms with Crippen LogP contribution in [-0.4, -0.2) is 33.5 Å². The van der Waals surface area contributed by atoms with Gasteiger partial charge in [0.15, 0.2) is 0 Å². The molecule has 1 aromatic carbocycles. The van der Waals surface area contributed by atoms with Crippen LogP contribution >= 0.6 is 0 Å². The van der Waals surface area contributed by atoms with Crippen LogP contribution in [0.1, 0.15) is 59.8 Å². The second-order valence-electron chi connectivity index (χ2n) is 9.71. The highest BCUT2D eigenvalue weighted by atomic mass is 19.4. The highest BCUT2D eigenvalue weighted by Gasteiger charge is 2.36. The maximum atomic E-state index is 13.3. The van der Waals surface area contributed by atoms with Crippen LogP contribution in [0.4, 0.5) is 24.8 Å². The number of hydrogen-bond acceptors (Lipinski definition) is 6. The van der Waals surface area contributed by atoms with Crippen LogP contribution < -0.4 is 15.8 Å². The number of pyridine rings is 1. The van der Waals surface area contributed by atoms with Crippen molar-refractivity contribution in [1.29, 1.82) is 0 Å². The third kappa shape index (κ3) is 4.30. The predicted molar refractivity (Wildman–Crippen MR) is 137 cm³/mol. The van der Waals surface area contributed by atoms with Crippen molar-refractivity contribution in [1.82, 2.24) is 14.5 Å². The molecule has 2 aromatic heterocycles. The Balaban J connectivity index is 1.46. The minimum atomic E-state index is -4.42. The van der Waals surface area contributed by atoms with E-state index in [1.807, 2.05) is 19.1 Å². The van der Waals surface area contributed by atoms with E-state index in [2.05, 4.69) is 10.2 Å². The molecule has 2 aliphatic heterocycles. The zero-order valence-corrected chi connectivity index (χ0v) is 20.4. The van der Waals surface area contributed by atoms with E-state index >= 15 is 0 Å². The lowest BCUT2D eigenvalue weighted by Gasteiger charge is -2.30. The second-order valence-corrected chi connectivity index (χ2v) is 9.71. The van der Waals surface area contributed by atoms with E-state index in [1.165, 1.54) is 16.7 Å². The molecule has 0 saturated heterocycles. The Labute approximate surface area is 211 Å². The number of fused-ring (bicyclic) bond motifs is 3. The summed E-state index contributed by atoms with van der Waals surface area (Å²) in [6.07, 6.45) is 1.25. The molecule has 6 rings (SSSR count). The van der Waals surface area contributed by atoms with Gasteiger partial charge in [0.25, 0.3) is 5.56 Å². The number of halogens is 3. The molecule has 4 heterocycles. The van der Waals surface area contributed by atoms with Crippen LogP contribution in [0.2, 0.25) is 0 Å². The fraction of sp³-hybridized carbons (Fsp3) is 0.333. The first-order chi connectivity index (χ1) is 17.7. The predicted octanol–water partition coefficient (Wildman–Crippen LogP) is 5.02. The van der Waals surface area contributed by atoms with E-state index < -0.39 is 17.8 Å². The zero-order chi connectivity index (χ0) is 25.9. The highest BCUT2D eigenvalue weighted by molar-refractivity contribution is 6.36. The average Bonchev–Trinajstić information content (AvgIpc) is 3.60. The van der Waals surface area contributed by atoms with Gasteiger partial charge in [0.2, 0.25) is 0 Å². The van der Waals surface area contributed by atoms with Gasteiger partial charge in [-0.25, -0.2) is 9.97 Å². The summed E-state index contributed by atoms with van der Waals surface area (Å²) in [7, 11) is 1.69. The summed E-state index contributed by atoms with van der Waals surface area (Å²) in [5.74, 6) is 3.07. The Kier molecular flexibility index (Phi) is 5.43. The molecule has 1 aliphatic carbocycles. The van der Waals surface area contributed by atoms with Crippen molar-refractivity contribution >= 4 is 29.1 Å². The molecule has 0 unspecified atom stereocenters. The topological polar surface area (TPSA) is 75.4 Å². The molecule has 10 heteroatoms. The van der Waals surface area contributed by atoms with Gasteiger partial charge in [-0.3, -0.25) is 9.79 Å². The Morgan fingerprint density at radius 1 is 1.14 bits per heavy atom.